The van der Waals surface area contributed by atoms with E-state index < -0.39 is 11.9 Å². The summed E-state index contributed by atoms with van der Waals surface area (Å²) in [5.74, 6) is 1.10. The van der Waals surface area contributed by atoms with Crippen LogP contribution >= 0.6 is 23.8 Å². The summed E-state index contributed by atoms with van der Waals surface area (Å²) in [7, 11) is 0. The Bertz CT molecular complexity index is 703. The molecule has 0 bridgehead atoms. The number of carbonyl (C=O) groups is 1. The molecule has 4 nitrogen and oxygen atoms in total. The van der Waals surface area contributed by atoms with Crippen molar-refractivity contribution in [2.45, 2.75) is 19.8 Å². The summed E-state index contributed by atoms with van der Waals surface area (Å²) in [5, 5.41) is 12.9. The third-order valence-corrected chi connectivity index (χ3v) is 3.92. The van der Waals surface area contributed by atoms with Gasteiger partial charge in [-0.2, -0.15) is 0 Å². The van der Waals surface area contributed by atoms with E-state index in [1.807, 2.05) is 0 Å². The number of esters is 1. The van der Waals surface area contributed by atoms with Gasteiger partial charge in [0.05, 0.1) is 18.1 Å². The topological polar surface area (TPSA) is 60.6 Å². The van der Waals surface area contributed by atoms with Crippen LogP contribution in [0.2, 0.25) is 5.02 Å². The molecule has 114 valence electrons. The van der Waals surface area contributed by atoms with E-state index in [9.17, 15) is 10.2 Å². The largest absolute Gasteiger partial charge is 0.763 e. The summed E-state index contributed by atoms with van der Waals surface area (Å²) in [6.45, 7) is 3.74. The number of allylic oxidation sites excluding steroid dienone is 1. The van der Waals surface area contributed by atoms with Crippen LogP contribution in [0.5, 0.6) is 0 Å². The maximum absolute atomic E-state index is 12.3. The molecular formula is C16H14ClN2O2S-. The highest BCUT2D eigenvalue weighted by atomic mass is 35.5. The first kappa shape index (κ1) is 16.4. The van der Waals surface area contributed by atoms with E-state index in [0.717, 1.165) is 5.56 Å². The molecular weight excluding hydrogens is 320 g/mol. The normalized spacial score (nSPS) is 17.9. The van der Waals surface area contributed by atoms with Gasteiger partial charge in [0.1, 0.15) is 4.99 Å². The van der Waals surface area contributed by atoms with Crippen molar-refractivity contribution < 1.29 is 9.53 Å². The Labute approximate surface area is 139 Å². The molecule has 1 aliphatic rings. The number of thiocarbonyl (C=S) groups is 1. The second-order valence-corrected chi connectivity index (χ2v) is 5.57. The molecule has 1 atom stereocenters. The molecule has 22 heavy (non-hydrogen) atoms. The average molecular weight is 334 g/mol. The number of hydrogen-bond acceptors (Lipinski definition) is 3. The van der Waals surface area contributed by atoms with Crippen molar-refractivity contribution in [3.8, 4) is 0 Å². The minimum atomic E-state index is -0.546. The van der Waals surface area contributed by atoms with Crippen LogP contribution in [0.1, 0.15) is 25.3 Å². The van der Waals surface area contributed by atoms with Gasteiger partial charge < -0.3 is 15.5 Å². The van der Waals surface area contributed by atoms with E-state index in [1.165, 1.54) is 0 Å². The first-order valence-corrected chi connectivity index (χ1v) is 7.49. The Hall–Kier alpha value is -1.94. The minimum Gasteiger partial charge on any atom is -0.763 e. The van der Waals surface area contributed by atoms with E-state index in [1.54, 1.807) is 38.1 Å². The fourth-order valence-corrected chi connectivity index (χ4v) is 2.82. The van der Waals surface area contributed by atoms with Gasteiger partial charge in [0.2, 0.25) is 0 Å². The van der Waals surface area contributed by atoms with Gasteiger partial charge in [-0.05, 0) is 31.5 Å². The number of rotatable bonds is 3. The van der Waals surface area contributed by atoms with Crippen molar-refractivity contribution in [1.29, 1.82) is 0 Å². The SMILES string of the molecule is CCOC(=O)C1=C(C)NC(=S)C(=C=[N-])[C@@H]1c1ccc(Cl)cc1. The summed E-state index contributed by atoms with van der Waals surface area (Å²) in [6, 6.07) is 7.00. The quantitative estimate of drug-likeness (QED) is 0.399. The van der Waals surface area contributed by atoms with Crippen molar-refractivity contribution in [3.63, 3.8) is 0 Å². The number of hydrogen-bond donors (Lipinski definition) is 1. The zero-order valence-corrected chi connectivity index (χ0v) is 13.7. The van der Waals surface area contributed by atoms with Gasteiger partial charge in [-0.25, -0.2) is 4.79 Å². The van der Waals surface area contributed by atoms with Crippen molar-refractivity contribution >= 4 is 40.6 Å². The zero-order valence-electron chi connectivity index (χ0n) is 12.1. The minimum absolute atomic E-state index is 0.259. The number of nitrogens with zero attached hydrogens (tertiary/aromatic N) is 1. The molecule has 2 rings (SSSR count). The number of nitrogens with one attached hydrogen (secondary N) is 1. The number of ether oxygens (including phenoxy) is 1. The molecule has 0 spiro atoms. The van der Waals surface area contributed by atoms with Gasteiger partial charge in [0.15, 0.2) is 0 Å². The molecule has 0 amide bonds. The van der Waals surface area contributed by atoms with Gasteiger partial charge in [-0.3, -0.25) is 5.87 Å². The summed E-state index contributed by atoms with van der Waals surface area (Å²) < 4.78 is 5.13. The molecule has 6 heteroatoms. The van der Waals surface area contributed by atoms with E-state index >= 15 is 0 Å². The van der Waals surface area contributed by atoms with Crippen LogP contribution in [-0.2, 0) is 9.53 Å². The Kier molecular flexibility index (Phi) is 5.14. The van der Waals surface area contributed by atoms with Crippen LogP contribution in [-0.4, -0.2) is 23.4 Å². The maximum atomic E-state index is 12.3. The second kappa shape index (κ2) is 6.88. The molecule has 0 unspecified atom stereocenters. The fourth-order valence-electron chi connectivity index (χ4n) is 2.38. The smallest absolute Gasteiger partial charge is 0.336 e. The Morgan fingerprint density at radius 3 is 2.64 bits per heavy atom. The predicted molar refractivity (Wildman–Crippen MR) is 91.1 cm³/mol. The number of halogens is 1. The van der Waals surface area contributed by atoms with Gasteiger partial charge in [0.25, 0.3) is 0 Å². The van der Waals surface area contributed by atoms with Gasteiger partial charge >= 0.3 is 5.97 Å². The van der Waals surface area contributed by atoms with E-state index in [-0.39, 0.29) is 6.61 Å². The van der Waals surface area contributed by atoms with Crippen LogP contribution in [0.15, 0.2) is 41.1 Å². The van der Waals surface area contributed by atoms with Gasteiger partial charge in [0, 0.05) is 16.3 Å². The molecule has 1 aromatic rings. The first-order valence-electron chi connectivity index (χ1n) is 6.71. The molecule has 1 heterocycles. The highest BCUT2D eigenvalue weighted by molar-refractivity contribution is 7.80. The lowest BCUT2D eigenvalue weighted by atomic mass is 9.81. The molecule has 0 saturated heterocycles. The van der Waals surface area contributed by atoms with Crippen LogP contribution in [0.25, 0.3) is 5.41 Å². The van der Waals surface area contributed by atoms with E-state index in [4.69, 9.17) is 28.6 Å². The van der Waals surface area contributed by atoms with Crippen molar-refractivity contribution in [1.82, 2.24) is 5.32 Å². The average Bonchev–Trinajstić information content (AvgIpc) is 2.47. The molecule has 1 N–H and O–H groups in total. The summed E-state index contributed by atoms with van der Waals surface area (Å²) in [4.78, 5) is 12.6. The zero-order chi connectivity index (χ0) is 16.3. The lowest BCUT2D eigenvalue weighted by Crippen LogP contribution is -2.35. The molecule has 1 aromatic carbocycles. The van der Waals surface area contributed by atoms with Crippen LogP contribution in [0.4, 0.5) is 0 Å². The third kappa shape index (κ3) is 3.12. The predicted octanol–water partition coefficient (Wildman–Crippen LogP) is 3.36. The van der Waals surface area contributed by atoms with E-state index in [2.05, 4.69) is 11.2 Å². The van der Waals surface area contributed by atoms with Crippen LogP contribution in [0, 0.1) is 0 Å². The molecule has 0 aromatic heterocycles. The van der Waals surface area contributed by atoms with Crippen molar-refractivity contribution in [2.24, 2.45) is 0 Å². The summed E-state index contributed by atoms with van der Waals surface area (Å²) in [6.07, 6.45) is 0. The molecule has 0 aliphatic carbocycles. The van der Waals surface area contributed by atoms with E-state index in [0.29, 0.717) is 26.9 Å². The first-order chi connectivity index (χ1) is 10.5. The highest BCUT2D eigenvalue weighted by Gasteiger charge is 2.34. The monoisotopic (exact) mass is 333 g/mol. The lowest BCUT2D eigenvalue weighted by Gasteiger charge is -2.30. The summed E-state index contributed by atoms with van der Waals surface area (Å²) >= 11 is 11.1. The molecule has 1 aliphatic heterocycles. The van der Waals surface area contributed by atoms with Gasteiger partial charge in [-0.1, -0.05) is 36.0 Å². The molecule has 0 saturated carbocycles. The van der Waals surface area contributed by atoms with Crippen LogP contribution in [0.3, 0.4) is 0 Å². The maximum Gasteiger partial charge on any atom is 0.336 e. The fraction of sp³-hybridized carbons (Fsp3) is 0.250. The molecule has 0 fully saturated rings. The van der Waals surface area contributed by atoms with Gasteiger partial charge in [-0.15, -0.1) is 0 Å². The Morgan fingerprint density at radius 2 is 2.09 bits per heavy atom. The standard InChI is InChI=1S/C16H14ClN2O2S/c1-3-21-16(20)13-9(2)19-15(22)12(8-18)14(13)10-4-6-11(17)7-5-10/h4-7,14H,3H2,1-2H3,(H,19,22)/q-1/t14-/m0/s1. The third-order valence-electron chi connectivity index (χ3n) is 3.35. The lowest BCUT2D eigenvalue weighted by molar-refractivity contribution is -0.138. The summed E-state index contributed by atoms with van der Waals surface area (Å²) in [5.41, 5.74) is 2.09. The van der Waals surface area contributed by atoms with Crippen LogP contribution < -0.4 is 5.32 Å². The Balaban J connectivity index is 2.62. The van der Waals surface area contributed by atoms with Crippen molar-refractivity contribution in [3.05, 3.63) is 57.1 Å². The number of benzene rings is 1. The highest BCUT2D eigenvalue weighted by Crippen LogP contribution is 2.36. The van der Waals surface area contributed by atoms with Crippen molar-refractivity contribution in [2.75, 3.05) is 6.61 Å². The Morgan fingerprint density at radius 1 is 1.45 bits per heavy atom. The second-order valence-electron chi connectivity index (χ2n) is 4.72. The number of carbonyl (C=O) groups excluding carboxylic acids is 1. The molecule has 0 radical (unpaired) electrons.